The van der Waals surface area contributed by atoms with E-state index in [2.05, 4.69) is 16.3 Å². The molecule has 5 rings (SSSR count). The van der Waals surface area contributed by atoms with E-state index in [1.54, 1.807) is 28.4 Å². The lowest BCUT2D eigenvalue weighted by molar-refractivity contribution is -0.132. The molecule has 0 unspecified atom stereocenters. The highest BCUT2D eigenvalue weighted by Gasteiger charge is 2.32. The first-order chi connectivity index (χ1) is 17.0. The number of nitrogens with zero attached hydrogens (tertiary/aromatic N) is 3. The summed E-state index contributed by atoms with van der Waals surface area (Å²) in [5.41, 5.74) is 2.44. The van der Waals surface area contributed by atoms with Crippen molar-refractivity contribution in [2.45, 2.75) is 18.9 Å². The van der Waals surface area contributed by atoms with Crippen molar-refractivity contribution in [3.8, 4) is 0 Å². The Labute approximate surface area is 207 Å². The lowest BCUT2D eigenvalue weighted by atomic mass is 9.93. The van der Waals surface area contributed by atoms with E-state index in [0.29, 0.717) is 38.2 Å². The minimum atomic E-state index is -0.377. The van der Waals surface area contributed by atoms with Gasteiger partial charge in [0.05, 0.1) is 12.6 Å². The Morgan fingerprint density at radius 1 is 0.886 bits per heavy atom. The van der Waals surface area contributed by atoms with Gasteiger partial charge in [0.1, 0.15) is 11.6 Å². The van der Waals surface area contributed by atoms with Crippen LogP contribution in [0.2, 0.25) is 0 Å². The van der Waals surface area contributed by atoms with E-state index in [1.165, 1.54) is 35.2 Å². The molecule has 1 saturated heterocycles. The van der Waals surface area contributed by atoms with Gasteiger partial charge in [0.25, 0.3) is 5.91 Å². The first-order valence-electron chi connectivity index (χ1n) is 11.9. The zero-order chi connectivity index (χ0) is 24.4. The average Bonchev–Trinajstić information content (AvgIpc) is 3.19. The molecule has 0 saturated carbocycles. The minimum Gasteiger partial charge on any atom is -0.340 e. The number of hydrogen-bond donors (Lipinski definition) is 0. The van der Waals surface area contributed by atoms with Crippen molar-refractivity contribution in [3.63, 3.8) is 0 Å². The maximum Gasteiger partial charge on any atom is 0.253 e. The Bertz CT molecular complexity index is 1210. The van der Waals surface area contributed by atoms with Crippen LogP contribution in [-0.4, -0.2) is 65.8 Å². The quantitative estimate of drug-likeness (QED) is 0.541. The molecule has 2 aromatic carbocycles. The predicted molar refractivity (Wildman–Crippen MR) is 131 cm³/mol. The molecule has 0 radical (unpaired) electrons. The maximum absolute atomic E-state index is 14.1. The van der Waals surface area contributed by atoms with Gasteiger partial charge in [-0.1, -0.05) is 12.1 Å². The van der Waals surface area contributed by atoms with Crippen LogP contribution in [0.15, 0.2) is 60.0 Å². The number of hydrogen-bond acceptors (Lipinski definition) is 4. The number of benzene rings is 2. The minimum absolute atomic E-state index is 0.0150. The number of amides is 2. The topological polar surface area (TPSA) is 43.9 Å². The van der Waals surface area contributed by atoms with Gasteiger partial charge in [0.15, 0.2) is 0 Å². The standard InChI is InChI=1S/C27H27F2N3O2S/c28-21-7-5-19(6-8-21)27(34)31-12-2-11-30(14-15-31)25(33)18-32-13-9-24-23(10-16-35-24)26(32)20-3-1-4-22(29)17-20/h1,3-8,10,16-17,26H,2,9,11-15,18H2/t26-/m1/s1. The smallest absolute Gasteiger partial charge is 0.253 e. The molecular formula is C27H27F2N3O2S. The summed E-state index contributed by atoms with van der Waals surface area (Å²) < 4.78 is 27.3. The summed E-state index contributed by atoms with van der Waals surface area (Å²) in [7, 11) is 0. The molecule has 3 aromatic rings. The van der Waals surface area contributed by atoms with Gasteiger partial charge in [-0.2, -0.15) is 0 Å². The van der Waals surface area contributed by atoms with Gasteiger partial charge in [0.2, 0.25) is 5.91 Å². The molecule has 5 nitrogen and oxygen atoms in total. The second-order valence-corrected chi connectivity index (χ2v) is 10.0. The fraction of sp³-hybridized carbons (Fsp3) is 0.333. The van der Waals surface area contributed by atoms with Crippen molar-refractivity contribution in [1.29, 1.82) is 0 Å². The molecule has 0 aliphatic carbocycles. The Morgan fingerprint density at radius 3 is 2.46 bits per heavy atom. The Hall–Kier alpha value is -3.10. The number of carbonyl (C=O) groups excluding carboxylic acids is 2. The second-order valence-electron chi connectivity index (χ2n) is 9.01. The number of fused-ring (bicyclic) bond motifs is 1. The molecule has 0 spiro atoms. The van der Waals surface area contributed by atoms with Gasteiger partial charge in [0, 0.05) is 43.2 Å². The molecule has 2 aliphatic heterocycles. The average molecular weight is 496 g/mol. The molecule has 8 heteroatoms. The normalized spacial score (nSPS) is 18.7. The van der Waals surface area contributed by atoms with Crippen molar-refractivity contribution >= 4 is 23.2 Å². The molecule has 182 valence electrons. The molecule has 2 amide bonds. The second kappa shape index (κ2) is 10.3. The molecule has 35 heavy (non-hydrogen) atoms. The van der Waals surface area contributed by atoms with Crippen LogP contribution < -0.4 is 0 Å². The Morgan fingerprint density at radius 2 is 1.66 bits per heavy atom. The van der Waals surface area contributed by atoms with E-state index < -0.39 is 0 Å². The van der Waals surface area contributed by atoms with Crippen molar-refractivity contribution < 1.29 is 18.4 Å². The molecule has 0 bridgehead atoms. The van der Waals surface area contributed by atoms with E-state index >= 15 is 0 Å². The molecule has 2 aliphatic rings. The summed E-state index contributed by atoms with van der Waals surface area (Å²) in [6.45, 7) is 2.98. The first kappa shape index (κ1) is 23.6. The molecule has 1 fully saturated rings. The van der Waals surface area contributed by atoms with Gasteiger partial charge >= 0.3 is 0 Å². The summed E-state index contributed by atoms with van der Waals surface area (Å²) in [5, 5.41) is 2.06. The highest BCUT2D eigenvalue weighted by molar-refractivity contribution is 7.10. The summed E-state index contributed by atoms with van der Waals surface area (Å²) >= 11 is 1.71. The third-order valence-electron chi connectivity index (χ3n) is 6.80. The van der Waals surface area contributed by atoms with E-state index in [-0.39, 0.29) is 36.0 Å². The van der Waals surface area contributed by atoms with Crippen LogP contribution in [0.3, 0.4) is 0 Å². The number of rotatable bonds is 4. The Balaban J connectivity index is 1.27. The molecular weight excluding hydrogens is 468 g/mol. The van der Waals surface area contributed by atoms with Crippen molar-refractivity contribution in [2.24, 2.45) is 0 Å². The molecule has 3 heterocycles. The van der Waals surface area contributed by atoms with Gasteiger partial charge < -0.3 is 9.80 Å². The summed E-state index contributed by atoms with van der Waals surface area (Å²) in [5.74, 6) is -0.791. The van der Waals surface area contributed by atoms with Gasteiger partial charge in [-0.15, -0.1) is 11.3 Å². The van der Waals surface area contributed by atoms with Crippen molar-refractivity contribution in [2.75, 3.05) is 39.3 Å². The van der Waals surface area contributed by atoms with E-state index in [9.17, 15) is 18.4 Å². The van der Waals surface area contributed by atoms with Gasteiger partial charge in [-0.05, 0) is 71.8 Å². The monoisotopic (exact) mass is 495 g/mol. The summed E-state index contributed by atoms with van der Waals surface area (Å²) in [6.07, 6.45) is 1.55. The van der Waals surface area contributed by atoms with Gasteiger partial charge in [-0.25, -0.2) is 8.78 Å². The van der Waals surface area contributed by atoms with Crippen LogP contribution in [0.5, 0.6) is 0 Å². The van der Waals surface area contributed by atoms with Crippen LogP contribution in [0.1, 0.15) is 38.8 Å². The summed E-state index contributed by atoms with van der Waals surface area (Å²) in [6, 6.07) is 14.1. The van der Waals surface area contributed by atoms with Crippen molar-refractivity contribution in [3.05, 3.63) is 93.2 Å². The maximum atomic E-state index is 14.1. The van der Waals surface area contributed by atoms with E-state index in [0.717, 1.165) is 24.1 Å². The predicted octanol–water partition coefficient (Wildman–Crippen LogP) is 4.35. The zero-order valence-corrected chi connectivity index (χ0v) is 20.1. The Kier molecular flexibility index (Phi) is 6.92. The third-order valence-corrected chi connectivity index (χ3v) is 7.79. The fourth-order valence-corrected chi connectivity index (χ4v) is 5.93. The lowest BCUT2D eigenvalue weighted by Gasteiger charge is -2.37. The van der Waals surface area contributed by atoms with Crippen LogP contribution in [0.25, 0.3) is 0 Å². The fourth-order valence-electron chi connectivity index (χ4n) is 5.02. The van der Waals surface area contributed by atoms with E-state index in [1.807, 2.05) is 11.0 Å². The van der Waals surface area contributed by atoms with E-state index in [4.69, 9.17) is 0 Å². The number of halogens is 2. The first-order valence-corrected chi connectivity index (χ1v) is 12.8. The third kappa shape index (κ3) is 5.13. The van der Waals surface area contributed by atoms with Crippen molar-refractivity contribution in [1.82, 2.24) is 14.7 Å². The van der Waals surface area contributed by atoms with Crippen LogP contribution in [0, 0.1) is 11.6 Å². The number of carbonyl (C=O) groups is 2. The SMILES string of the molecule is O=C(CN1CCc2sccc2[C@H]1c1cccc(F)c1)N1CCCN(C(=O)c2ccc(F)cc2)CC1. The van der Waals surface area contributed by atoms with Crippen LogP contribution in [0.4, 0.5) is 8.78 Å². The zero-order valence-electron chi connectivity index (χ0n) is 19.3. The molecule has 0 N–H and O–H groups in total. The highest BCUT2D eigenvalue weighted by atomic mass is 32.1. The molecule has 1 aromatic heterocycles. The largest absolute Gasteiger partial charge is 0.340 e. The van der Waals surface area contributed by atoms with Crippen LogP contribution in [-0.2, 0) is 11.2 Å². The lowest BCUT2D eigenvalue weighted by Crippen LogP contribution is -2.45. The summed E-state index contributed by atoms with van der Waals surface area (Å²) in [4.78, 5) is 33.2. The number of thiophene rings is 1. The highest BCUT2D eigenvalue weighted by Crippen LogP contribution is 2.37. The van der Waals surface area contributed by atoms with Gasteiger partial charge in [-0.3, -0.25) is 14.5 Å². The molecule has 1 atom stereocenters. The van der Waals surface area contributed by atoms with Crippen LogP contribution >= 0.6 is 11.3 Å².